The summed E-state index contributed by atoms with van der Waals surface area (Å²) >= 11 is 0. The lowest BCUT2D eigenvalue weighted by atomic mass is 10.1. The van der Waals surface area contributed by atoms with Crippen LogP contribution in [0.1, 0.15) is 39.8 Å². The summed E-state index contributed by atoms with van der Waals surface area (Å²) in [5.74, 6) is -2.05. The summed E-state index contributed by atoms with van der Waals surface area (Å²) in [7, 11) is 0. The number of fused-ring (bicyclic) bond motifs is 1. The van der Waals surface area contributed by atoms with Crippen LogP contribution in [-0.2, 0) is 13.0 Å². The number of hydrogen-bond donors (Lipinski definition) is 1. The second kappa shape index (κ2) is 8.37. The molecule has 3 aromatic heterocycles. The van der Waals surface area contributed by atoms with Gasteiger partial charge < -0.3 is 9.84 Å². The average Bonchev–Trinajstić information content (AvgIpc) is 3.08. The fraction of sp³-hybridized carbons (Fsp3) is 0.208. The van der Waals surface area contributed by atoms with E-state index in [2.05, 4.69) is 9.97 Å². The number of pyridine rings is 2. The van der Waals surface area contributed by atoms with E-state index in [1.165, 1.54) is 18.2 Å². The van der Waals surface area contributed by atoms with Crippen LogP contribution >= 0.6 is 0 Å². The van der Waals surface area contributed by atoms with E-state index in [9.17, 15) is 18.7 Å². The molecule has 1 aromatic carbocycles. The Balaban J connectivity index is 1.81. The number of halogens is 2. The number of carboxylic acids is 1. The molecule has 164 valence electrons. The second-order valence-electron chi connectivity index (χ2n) is 7.49. The molecule has 0 unspecified atom stereocenters. The van der Waals surface area contributed by atoms with Crippen LogP contribution in [0.4, 0.5) is 8.78 Å². The van der Waals surface area contributed by atoms with Crippen molar-refractivity contribution >= 4 is 11.6 Å². The lowest BCUT2D eigenvalue weighted by Gasteiger charge is -2.12. The minimum atomic E-state index is -1.05. The first-order chi connectivity index (χ1) is 15.3. The summed E-state index contributed by atoms with van der Waals surface area (Å²) in [6.45, 7) is 5.20. The molecule has 8 heteroatoms. The van der Waals surface area contributed by atoms with E-state index in [0.717, 1.165) is 5.56 Å². The highest BCUT2D eigenvalue weighted by molar-refractivity contribution is 5.90. The molecule has 0 amide bonds. The molecule has 0 aliphatic rings. The zero-order chi connectivity index (χ0) is 23.0. The van der Waals surface area contributed by atoms with Crippen molar-refractivity contribution in [1.29, 1.82) is 0 Å². The van der Waals surface area contributed by atoms with Gasteiger partial charge in [-0.25, -0.2) is 18.6 Å². The van der Waals surface area contributed by atoms with Crippen LogP contribution in [0, 0.1) is 25.5 Å². The van der Waals surface area contributed by atoms with Gasteiger partial charge in [-0.2, -0.15) is 0 Å². The molecule has 0 atom stereocenters. The van der Waals surface area contributed by atoms with E-state index in [-0.39, 0.29) is 17.7 Å². The molecule has 0 saturated heterocycles. The maximum absolute atomic E-state index is 14.0. The predicted octanol–water partition coefficient (Wildman–Crippen LogP) is 5.13. The highest BCUT2D eigenvalue weighted by atomic mass is 19.1. The van der Waals surface area contributed by atoms with Crippen molar-refractivity contribution < 1.29 is 23.4 Å². The van der Waals surface area contributed by atoms with Gasteiger partial charge in [0.15, 0.2) is 11.4 Å². The Bertz CT molecular complexity index is 1330. The van der Waals surface area contributed by atoms with Crippen molar-refractivity contribution in [3.05, 3.63) is 82.4 Å². The van der Waals surface area contributed by atoms with Crippen molar-refractivity contribution in [2.24, 2.45) is 0 Å². The molecular weight excluding hydrogens is 416 g/mol. The minimum absolute atomic E-state index is 0.138. The number of imidazole rings is 1. The van der Waals surface area contributed by atoms with Crippen LogP contribution < -0.4 is 4.74 Å². The summed E-state index contributed by atoms with van der Waals surface area (Å²) in [6.07, 6.45) is 3.96. The first-order valence-corrected chi connectivity index (χ1v) is 10.1. The lowest BCUT2D eigenvalue weighted by Crippen LogP contribution is -2.05. The summed E-state index contributed by atoms with van der Waals surface area (Å²) in [5.41, 5.74) is 3.66. The third kappa shape index (κ3) is 3.79. The number of aryl methyl sites for hydroxylation is 3. The van der Waals surface area contributed by atoms with Gasteiger partial charge in [0.05, 0.1) is 28.2 Å². The van der Waals surface area contributed by atoms with Crippen LogP contribution in [0.15, 0.2) is 42.7 Å². The number of aromatic carboxylic acids is 1. The van der Waals surface area contributed by atoms with Crippen molar-refractivity contribution in [2.45, 2.75) is 33.8 Å². The Kier molecular flexibility index (Phi) is 5.61. The maximum atomic E-state index is 14.0. The highest BCUT2D eigenvalue weighted by Crippen LogP contribution is 2.31. The number of aromatic nitrogens is 3. The SMILES string of the molecule is CCc1ncc(-c2c(C)nc3c(OCc4c(F)cccc4F)cc(C)cn23)cc1C(=O)O. The molecule has 0 spiro atoms. The van der Waals surface area contributed by atoms with E-state index in [1.54, 1.807) is 29.7 Å². The topological polar surface area (TPSA) is 76.7 Å². The number of benzene rings is 1. The first-order valence-electron chi connectivity index (χ1n) is 10.1. The normalized spacial score (nSPS) is 11.2. The molecule has 4 rings (SSSR count). The molecule has 0 fully saturated rings. The third-order valence-electron chi connectivity index (χ3n) is 5.24. The summed E-state index contributed by atoms with van der Waals surface area (Å²) in [5, 5.41) is 9.57. The molecule has 3 heterocycles. The van der Waals surface area contributed by atoms with Crippen LogP contribution in [0.3, 0.4) is 0 Å². The Morgan fingerprint density at radius 1 is 1.19 bits per heavy atom. The predicted molar refractivity (Wildman–Crippen MR) is 115 cm³/mol. The molecular formula is C24H21F2N3O3. The fourth-order valence-corrected chi connectivity index (χ4v) is 3.72. The summed E-state index contributed by atoms with van der Waals surface area (Å²) < 4.78 is 35.6. The maximum Gasteiger partial charge on any atom is 0.337 e. The van der Waals surface area contributed by atoms with Crippen molar-refractivity contribution in [1.82, 2.24) is 14.4 Å². The van der Waals surface area contributed by atoms with Gasteiger partial charge >= 0.3 is 5.97 Å². The number of carbonyl (C=O) groups is 1. The Morgan fingerprint density at radius 3 is 2.56 bits per heavy atom. The summed E-state index contributed by atoms with van der Waals surface area (Å²) in [4.78, 5) is 20.6. The Labute approximate surface area is 183 Å². The molecule has 1 N–H and O–H groups in total. The molecule has 6 nitrogen and oxygen atoms in total. The first kappa shape index (κ1) is 21.4. The van der Waals surface area contributed by atoms with Crippen LogP contribution in [0.25, 0.3) is 16.9 Å². The second-order valence-corrected chi connectivity index (χ2v) is 7.49. The minimum Gasteiger partial charge on any atom is -0.485 e. The number of ether oxygens (including phenoxy) is 1. The van der Waals surface area contributed by atoms with Gasteiger partial charge in [0.2, 0.25) is 0 Å². The van der Waals surface area contributed by atoms with E-state index in [0.29, 0.717) is 40.5 Å². The van der Waals surface area contributed by atoms with E-state index in [4.69, 9.17) is 4.74 Å². The third-order valence-corrected chi connectivity index (χ3v) is 5.24. The molecule has 0 saturated carbocycles. The standard InChI is InChI=1S/C24H21F2N3O3/c1-4-20-16(24(30)31)9-15(10-27-20)22-14(3)28-23-21(8-13(2)11-29(22)23)32-12-17-18(25)6-5-7-19(17)26/h5-11H,4,12H2,1-3H3,(H,30,31). The van der Waals surface area contributed by atoms with E-state index in [1.807, 2.05) is 20.0 Å². The van der Waals surface area contributed by atoms with Crippen molar-refractivity contribution in [3.63, 3.8) is 0 Å². The monoisotopic (exact) mass is 437 g/mol. The number of rotatable bonds is 6. The highest BCUT2D eigenvalue weighted by Gasteiger charge is 2.19. The van der Waals surface area contributed by atoms with Crippen molar-refractivity contribution in [2.75, 3.05) is 0 Å². The zero-order valence-corrected chi connectivity index (χ0v) is 17.8. The number of carboxylic acid groups (broad SMARTS) is 1. The molecule has 0 aliphatic heterocycles. The van der Waals surface area contributed by atoms with Gasteiger partial charge in [-0.1, -0.05) is 13.0 Å². The van der Waals surface area contributed by atoms with Gasteiger partial charge in [-0.3, -0.25) is 9.38 Å². The quantitative estimate of drug-likeness (QED) is 0.453. The largest absolute Gasteiger partial charge is 0.485 e. The summed E-state index contributed by atoms with van der Waals surface area (Å²) in [6, 6.07) is 6.98. The molecule has 0 radical (unpaired) electrons. The number of nitrogens with zero attached hydrogens (tertiary/aromatic N) is 3. The molecule has 0 aliphatic carbocycles. The van der Waals surface area contributed by atoms with Gasteiger partial charge in [0.25, 0.3) is 0 Å². The van der Waals surface area contributed by atoms with E-state index < -0.39 is 17.6 Å². The Morgan fingerprint density at radius 2 is 1.91 bits per heavy atom. The zero-order valence-electron chi connectivity index (χ0n) is 17.8. The van der Waals surface area contributed by atoms with Gasteiger partial charge in [0, 0.05) is 18.0 Å². The van der Waals surface area contributed by atoms with Crippen molar-refractivity contribution in [3.8, 4) is 17.0 Å². The smallest absolute Gasteiger partial charge is 0.337 e. The molecule has 32 heavy (non-hydrogen) atoms. The van der Waals surface area contributed by atoms with Gasteiger partial charge in [0.1, 0.15) is 18.2 Å². The van der Waals surface area contributed by atoms with E-state index >= 15 is 0 Å². The molecule has 4 aromatic rings. The molecule has 0 bridgehead atoms. The average molecular weight is 437 g/mol. The van der Waals surface area contributed by atoms with Gasteiger partial charge in [-0.05, 0) is 50.1 Å². The lowest BCUT2D eigenvalue weighted by molar-refractivity contribution is 0.0695. The van der Waals surface area contributed by atoms with Crippen LogP contribution in [-0.4, -0.2) is 25.4 Å². The Hall–Kier alpha value is -3.81. The van der Waals surface area contributed by atoms with Crippen LogP contribution in [0.2, 0.25) is 0 Å². The number of hydrogen-bond acceptors (Lipinski definition) is 4. The van der Waals surface area contributed by atoms with Gasteiger partial charge in [-0.15, -0.1) is 0 Å². The van der Waals surface area contributed by atoms with Crippen LogP contribution in [0.5, 0.6) is 5.75 Å². The fourth-order valence-electron chi connectivity index (χ4n) is 3.72.